The number of benzene rings is 3. The van der Waals surface area contributed by atoms with Crippen molar-refractivity contribution in [2.75, 3.05) is 0 Å². The summed E-state index contributed by atoms with van der Waals surface area (Å²) >= 11 is 0. The first-order chi connectivity index (χ1) is 12.2. The third-order valence-corrected chi connectivity index (χ3v) is 4.40. The number of aromatic amines is 1. The van der Waals surface area contributed by atoms with E-state index in [1.807, 2.05) is 30.3 Å². The number of nitrogens with one attached hydrogen (secondary N) is 1. The molecule has 0 saturated heterocycles. The van der Waals surface area contributed by atoms with Crippen LogP contribution in [0.15, 0.2) is 66.7 Å². The van der Waals surface area contributed by atoms with Crippen LogP contribution >= 0.6 is 0 Å². The summed E-state index contributed by atoms with van der Waals surface area (Å²) in [5.41, 5.74) is 4.02. The second-order valence-corrected chi connectivity index (χ2v) is 5.90. The smallest absolute Gasteiger partial charge is 0.292 e. The number of rotatable bonds is 1. The zero-order valence-corrected chi connectivity index (χ0v) is 13.0. The molecule has 0 bridgehead atoms. The van der Waals surface area contributed by atoms with Crippen LogP contribution in [0.2, 0.25) is 0 Å². The Bertz CT molecular complexity index is 1320. The topological polar surface area (TPSA) is 76.8 Å². The van der Waals surface area contributed by atoms with Gasteiger partial charge in [-0.1, -0.05) is 42.5 Å². The molecule has 0 spiro atoms. The fourth-order valence-corrected chi connectivity index (χ4v) is 3.17. The summed E-state index contributed by atoms with van der Waals surface area (Å²) < 4.78 is 1.87. The Morgan fingerprint density at radius 1 is 0.920 bits per heavy atom. The van der Waals surface area contributed by atoms with Gasteiger partial charge in [0.05, 0.1) is 15.5 Å². The van der Waals surface area contributed by atoms with Gasteiger partial charge in [0.25, 0.3) is 11.0 Å². The molecule has 6 heteroatoms. The van der Waals surface area contributed by atoms with Crippen LogP contribution in [0.3, 0.4) is 0 Å². The van der Waals surface area contributed by atoms with Crippen molar-refractivity contribution in [3.05, 3.63) is 71.6 Å². The molecule has 0 aliphatic heterocycles. The molecule has 0 aliphatic rings. The summed E-state index contributed by atoms with van der Waals surface area (Å²) in [6.07, 6.45) is 0. The quantitative estimate of drug-likeness (QED) is 0.281. The molecule has 5 aromatic rings. The zero-order chi connectivity index (χ0) is 17.0. The lowest BCUT2D eigenvalue weighted by Gasteiger charge is -2.02. The van der Waals surface area contributed by atoms with Crippen molar-refractivity contribution < 1.29 is 9.63 Å². The van der Waals surface area contributed by atoms with Gasteiger partial charge in [-0.05, 0) is 12.1 Å². The standard InChI is InChI=1S/C19H13N4O2/c24-22-15-8-4-5-9-16(15)23(25)18-11-14-13(10-17(18)22)20-19(21-14)12-6-2-1-3-7-12/h1-11,24H,(H,20,21)/q+1. The molecule has 120 valence electrons. The minimum absolute atomic E-state index is 0.361. The van der Waals surface area contributed by atoms with Crippen molar-refractivity contribution in [2.24, 2.45) is 0 Å². The monoisotopic (exact) mass is 329 g/mol. The maximum Gasteiger partial charge on any atom is 0.292 e. The van der Waals surface area contributed by atoms with Gasteiger partial charge in [0.2, 0.25) is 0 Å². The highest BCUT2D eigenvalue weighted by atomic mass is 16.5. The highest BCUT2D eigenvalue weighted by molar-refractivity contribution is 5.93. The van der Waals surface area contributed by atoms with E-state index < -0.39 is 0 Å². The van der Waals surface area contributed by atoms with E-state index in [2.05, 4.69) is 9.97 Å². The second-order valence-electron chi connectivity index (χ2n) is 5.90. The minimum atomic E-state index is 0.361. The molecule has 0 radical (unpaired) electrons. The summed E-state index contributed by atoms with van der Waals surface area (Å²) in [6, 6.07) is 20.1. The van der Waals surface area contributed by atoms with E-state index in [0.717, 1.165) is 26.1 Å². The average Bonchev–Trinajstić information content (AvgIpc) is 3.09. The average molecular weight is 329 g/mol. The molecule has 0 unspecified atom stereocenters. The van der Waals surface area contributed by atoms with Crippen molar-refractivity contribution in [3.63, 3.8) is 0 Å². The van der Waals surface area contributed by atoms with Crippen molar-refractivity contribution in [2.45, 2.75) is 0 Å². The molecule has 0 aliphatic carbocycles. The predicted molar refractivity (Wildman–Crippen MR) is 95.1 cm³/mol. The molecule has 0 fully saturated rings. The highest BCUT2D eigenvalue weighted by Gasteiger charge is 2.20. The van der Waals surface area contributed by atoms with Gasteiger partial charge in [-0.25, -0.2) is 4.98 Å². The molecule has 5 rings (SSSR count). The van der Waals surface area contributed by atoms with E-state index in [9.17, 15) is 10.1 Å². The Balaban J connectivity index is 1.88. The van der Waals surface area contributed by atoms with Crippen LogP contribution in [-0.4, -0.2) is 19.9 Å². The van der Waals surface area contributed by atoms with Gasteiger partial charge < -0.3 is 10.2 Å². The lowest BCUT2D eigenvalue weighted by atomic mass is 10.2. The highest BCUT2D eigenvalue weighted by Crippen LogP contribution is 2.24. The van der Waals surface area contributed by atoms with E-state index in [4.69, 9.17) is 0 Å². The summed E-state index contributed by atoms with van der Waals surface area (Å²) in [6.45, 7) is 0. The number of hydrogen-bond donors (Lipinski definition) is 2. The maximum absolute atomic E-state index is 12.7. The number of aromatic nitrogens is 4. The van der Waals surface area contributed by atoms with Gasteiger partial charge in [0, 0.05) is 22.6 Å². The SMILES string of the molecule is O=[n+]1c2ccccc2n(O)c2cc3[nH]c(-c4ccccc4)nc3cc21. The summed E-state index contributed by atoms with van der Waals surface area (Å²) in [7, 11) is 0. The van der Waals surface area contributed by atoms with E-state index in [1.165, 1.54) is 0 Å². The number of imidazole rings is 1. The van der Waals surface area contributed by atoms with Crippen LogP contribution < -0.4 is 4.43 Å². The van der Waals surface area contributed by atoms with E-state index in [0.29, 0.717) is 27.6 Å². The largest absolute Gasteiger partial charge is 0.427 e. The predicted octanol–water partition coefficient (Wildman–Crippen LogP) is 3.49. The lowest BCUT2D eigenvalue weighted by molar-refractivity contribution is -0.433. The third-order valence-electron chi connectivity index (χ3n) is 4.40. The van der Waals surface area contributed by atoms with Crippen LogP contribution in [0.1, 0.15) is 0 Å². The van der Waals surface area contributed by atoms with E-state index in [-0.39, 0.29) is 0 Å². The second kappa shape index (κ2) is 4.91. The van der Waals surface area contributed by atoms with Crippen molar-refractivity contribution in [3.8, 4) is 11.4 Å². The first-order valence-electron chi connectivity index (χ1n) is 7.87. The Labute approximate surface area is 141 Å². The Morgan fingerprint density at radius 3 is 2.52 bits per heavy atom. The molecule has 2 N–H and O–H groups in total. The number of nitrogens with zero attached hydrogens (tertiary/aromatic N) is 3. The lowest BCUT2D eigenvalue weighted by Crippen LogP contribution is -2.20. The third kappa shape index (κ3) is 1.94. The molecule has 2 heterocycles. The number of H-pyrrole nitrogens is 1. The molecule has 0 amide bonds. The van der Waals surface area contributed by atoms with Gasteiger partial charge >= 0.3 is 0 Å². The molecule has 6 nitrogen and oxygen atoms in total. The summed E-state index contributed by atoms with van der Waals surface area (Å²) in [4.78, 5) is 20.6. The number of hydrogen-bond acceptors (Lipinski definition) is 3. The zero-order valence-electron chi connectivity index (χ0n) is 13.0. The van der Waals surface area contributed by atoms with Crippen LogP contribution in [0.4, 0.5) is 0 Å². The molecule has 25 heavy (non-hydrogen) atoms. The van der Waals surface area contributed by atoms with Gasteiger partial charge in [0.1, 0.15) is 5.82 Å². The van der Waals surface area contributed by atoms with Gasteiger partial charge in [-0.15, -0.1) is 0 Å². The maximum atomic E-state index is 12.7. The fraction of sp³-hybridized carbons (Fsp3) is 0. The molecular weight excluding hydrogens is 316 g/mol. The van der Waals surface area contributed by atoms with Gasteiger partial charge in [-0.3, -0.25) is 0 Å². The minimum Gasteiger partial charge on any atom is -0.427 e. The Morgan fingerprint density at radius 2 is 1.68 bits per heavy atom. The fourth-order valence-electron chi connectivity index (χ4n) is 3.17. The van der Waals surface area contributed by atoms with Crippen LogP contribution in [-0.2, 0) is 0 Å². The number of fused-ring (bicyclic) bond motifs is 3. The molecule has 2 aromatic heterocycles. The van der Waals surface area contributed by atoms with Crippen LogP contribution in [0.5, 0.6) is 0 Å². The van der Waals surface area contributed by atoms with Crippen molar-refractivity contribution >= 4 is 33.1 Å². The van der Waals surface area contributed by atoms with Gasteiger partial charge in [-0.2, -0.15) is 4.73 Å². The Kier molecular flexibility index (Phi) is 2.70. The van der Waals surface area contributed by atoms with Gasteiger partial charge in [0.15, 0.2) is 11.0 Å². The normalized spacial score (nSPS) is 11.5. The first-order valence-corrected chi connectivity index (χ1v) is 7.87. The van der Waals surface area contributed by atoms with Crippen LogP contribution in [0, 0.1) is 4.91 Å². The van der Waals surface area contributed by atoms with Crippen LogP contribution in [0.25, 0.3) is 44.5 Å². The van der Waals surface area contributed by atoms with E-state index >= 15 is 0 Å². The van der Waals surface area contributed by atoms with Crippen molar-refractivity contribution in [1.82, 2.24) is 14.7 Å². The summed E-state index contributed by atoms with van der Waals surface area (Å²) in [5, 5.41) is 10.5. The summed E-state index contributed by atoms with van der Waals surface area (Å²) in [5.74, 6) is 0.720. The molecule has 0 atom stereocenters. The molecule has 0 saturated carbocycles. The number of para-hydroxylation sites is 2. The molecule has 3 aromatic carbocycles. The first kappa shape index (κ1) is 13.7. The van der Waals surface area contributed by atoms with E-state index in [1.54, 1.807) is 36.4 Å². The molecular formula is C19H13N4O2+. The Hall–Kier alpha value is -3.67. The van der Waals surface area contributed by atoms with Crippen molar-refractivity contribution in [1.29, 1.82) is 0 Å².